The van der Waals surface area contributed by atoms with Gasteiger partial charge in [-0.05, 0) is 54.6 Å². The number of carbonyl (C=O) groups is 2. The van der Waals surface area contributed by atoms with Crippen LogP contribution in [0.15, 0.2) is 64.2 Å². The van der Waals surface area contributed by atoms with E-state index in [0.29, 0.717) is 34.1 Å². The molecule has 0 atom stereocenters. The number of rotatable bonds is 9. The molecule has 3 aromatic carbocycles. The first kappa shape index (κ1) is 25.6. The minimum absolute atomic E-state index is 0.247. The lowest BCUT2D eigenvalue weighted by molar-refractivity contribution is 0.0734. The van der Waals surface area contributed by atoms with E-state index in [0.717, 1.165) is 4.47 Å². The van der Waals surface area contributed by atoms with Crippen molar-refractivity contribution in [2.24, 2.45) is 5.10 Å². The van der Waals surface area contributed by atoms with Gasteiger partial charge < -0.3 is 23.7 Å². The van der Waals surface area contributed by atoms with Crippen molar-refractivity contribution in [2.45, 2.75) is 0 Å². The maximum absolute atomic E-state index is 12.7. The Balaban J connectivity index is 1.77. The van der Waals surface area contributed by atoms with Crippen LogP contribution in [0.3, 0.4) is 0 Å². The van der Waals surface area contributed by atoms with Crippen LogP contribution in [-0.2, 0) is 0 Å². The summed E-state index contributed by atoms with van der Waals surface area (Å²) in [4.78, 5) is 25.2. The molecule has 3 rings (SSSR count). The van der Waals surface area contributed by atoms with Crippen molar-refractivity contribution in [3.05, 3.63) is 75.8 Å². The molecule has 0 aromatic heterocycles. The average Bonchev–Trinajstić information content (AvgIpc) is 2.88. The zero-order chi connectivity index (χ0) is 25.4. The highest BCUT2D eigenvalue weighted by molar-refractivity contribution is 9.10. The molecule has 0 unspecified atom stereocenters. The lowest BCUT2D eigenvalue weighted by Gasteiger charge is -2.13. The van der Waals surface area contributed by atoms with E-state index in [2.05, 4.69) is 26.5 Å². The summed E-state index contributed by atoms with van der Waals surface area (Å²) in [5.41, 5.74) is 3.51. The lowest BCUT2D eigenvalue weighted by Crippen LogP contribution is -2.18. The number of nitrogens with one attached hydrogen (secondary N) is 1. The smallest absolute Gasteiger partial charge is 0.343 e. The molecule has 1 amide bonds. The fraction of sp³-hybridized carbons (Fsp3) is 0.160. The Morgan fingerprint density at radius 2 is 1.46 bits per heavy atom. The van der Waals surface area contributed by atoms with Gasteiger partial charge in [-0.2, -0.15) is 5.10 Å². The number of carbonyl (C=O) groups excluding carboxylic acids is 2. The predicted molar refractivity (Wildman–Crippen MR) is 133 cm³/mol. The van der Waals surface area contributed by atoms with Crippen molar-refractivity contribution in [3.63, 3.8) is 0 Å². The molecule has 0 aliphatic heterocycles. The van der Waals surface area contributed by atoms with Gasteiger partial charge in [-0.15, -0.1) is 0 Å². The normalized spacial score (nSPS) is 10.5. The molecule has 0 aliphatic rings. The maximum atomic E-state index is 12.7. The summed E-state index contributed by atoms with van der Waals surface area (Å²) in [5.74, 6) is 0.868. The van der Waals surface area contributed by atoms with E-state index < -0.39 is 11.9 Å². The van der Waals surface area contributed by atoms with Crippen LogP contribution in [-0.4, -0.2) is 46.5 Å². The zero-order valence-electron chi connectivity index (χ0n) is 19.5. The number of nitrogens with zero attached hydrogens (tertiary/aromatic N) is 1. The van der Waals surface area contributed by atoms with Gasteiger partial charge in [0.15, 0.2) is 11.5 Å². The number of ether oxygens (including phenoxy) is 5. The minimum Gasteiger partial charge on any atom is -0.497 e. The molecular formula is C25H23BrN2O7. The number of methoxy groups -OCH3 is 4. The van der Waals surface area contributed by atoms with Gasteiger partial charge >= 0.3 is 5.97 Å². The van der Waals surface area contributed by atoms with Crippen LogP contribution in [0.2, 0.25) is 0 Å². The Labute approximate surface area is 210 Å². The molecule has 10 heteroatoms. The highest BCUT2D eigenvalue weighted by atomic mass is 79.9. The van der Waals surface area contributed by atoms with Gasteiger partial charge in [-0.3, -0.25) is 4.79 Å². The van der Waals surface area contributed by atoms with Crippen molar-refractivity contribution in [1.29, 1.82) is 0 Å². The highest BCUT2D eigenvalue weighted by Crippen LogP contribution is 2.38. The molecule has 0 saturated heterocycles. The van der Waals surface area contributed by atoms with Crippen LogP contribution in [0, 0.1) is 0 Å². The number of esters is 1. The highest BCUT2D eigenvalue weighted by Gasteiger charge is 2.17. The molecule has 3 aromatic rings. The third kappa shape index (κ3) is 6.30. The van der Waals surface area contributed by atoms with Crippen LogP contribution in [0.25, 0.3) is 0 Å². The van der Waals surface area contributed by atoms with E-state index in [1.807, 2.05) is 0 Å². The van der Waals surface area contributed by atoms with E-state index >= 15 is 0 Å². The summed E-state index contributed by atoms with van der Waals surface area (Å²) < 4.78 is 27.2. The van der Waals surface area contributed by atoms with E-state index in [4.69, 9.17) is 23.7 Å². The molecule has 182 valence electrons. The lowest BCUT2D eigenvalue weighted by atomic mass is 10.1. The minimum atomic E-state index is -0.550. The van der Waals surface area contributed by atoms with Gasteiger partial charge in [0.2, 0.25) is 5.75 Å². The van der Waals surface area contributed by atoms with Gasteiger partial charge in [-0.1, -0.05) is 15.9 Å². The van der Waals surface area contributed by atoms with Gasteiger partial charge in [0.05, 0.1) is 40.2 Å². The Hall–Kier alpha value is -4.05. The SMILES string of the molecule is COc1ccc(C(=O)Oc2ccc(Br)cc2/C=N\NC(=O)c2cc(OC)c(OC)c(OC)c2)cc1. The fourth-order valence-electron chi connectivity index (χ4n) is 3.04. The second-order valence-electron chi connectivity index (χ2n) is 6.91. The van der Waals surface area contributed by atoms with Gasteiger partial charge in [-0.25, -0.2) is 10.2 Å². The summed E-state index contributed by atoms with van der Waals surface area (Å²) in [6, 6.07) is 14.6. The summed E-state index contributed by atoms with van der Waals surface area (Å²) in [7, 11) is 5.93. The number of halogens is 1. The molecule has 0 fully saturated rings. The second kappa shape index (κ2) is 11.9. The fourth-order valence-corrected chi connectivity index (χ4v) is 3.42. The molecular weight excluding hydrogens is 520 g/mol. The Morgan fingerprint density at radius 3 is 2.03 bits per heavy atom. The first-order valence-corrected chi connectivity index (χ1v) is 11.0. The third-order valence-corrected chi connectivity index (χ3v) is 5.29. The van der Waals surface area contributed by atoms with Crippen molar-refractivity contribution in [1.82, 2.24) is 5.43 Å². The van der Waals surface area contributed by atoms with Crippen LogP contribution in [0.1, 0.15) is 26.3 Å². The van der Waals surface area contributed by atoms with Crippen molar-refractivity contribution >= 4 is 34.0 Å². The standard InChI is InChI=1S/C25H23BrN2O7/c1-31-19-8-5-15(6-9-19)25(30)35-20-10-7-18(26)11-17(20)14-27-28-24(29)16-12-21(32-2)23(34-4)22(13-16)33-3/h5-14H,1-4H3,(H,28,29)/b27-14-. The molecule has 0 spiro atoms. The van der Waals surface area contributed by atoms with Crippen LogP contribution < -0.4 is 29.1 Å². The summed E-state index contributed by atoms with van der Waals surface area (Å²) in [5, 5.41) is 4.01. The largest absolute Gasteiger partial charge is 0.497 e. The van der Waals surface area contributed by atoms with E-state index in [9.17, 15) is 9.59 Å². The van der Waals surface area contributed by atoms with Crippen molar-refractivity contribution in [3.8, 4) is 28.7 Å². The molecule has 35 heavy (non-hydrogen) atoms. The van der Waals surface area contributed by atoms with Crippen LogP contribution >= 0.6 is 15.9 Å². The summed E-state index contributed by atoms with van der Waals surface area (Å²) >= 11 is 3.38. The summed E-state index contributed by atoms with van der Waals surface area (Å²) in [6.07, 6.45) is 1.37. The van der Waals surface area contributed by atoms with E-state index in [1.54, 1.807) is 49.6 Å². The van der Waals surface area contributed by atoms with Crippen LogP contribution in [0.5, 0.6) is 28.7 Å². The number of benzene rings is 3. The van der Waals surface area contributed by atoms with Crippen molar-refractivity contribution < 1.29 is 33.3 Å². The van der Waals surface area contributed by atoms with E-state index in [-0.39, 0.29) is 11.3 Å². The molecule has 0 bridgehead atoms. The molecule has 0 heterocycles. The van der Waals surface area contributed by atoms with Gasteiger partial charge in [0.1, 0.15) is 11.5 Å². The number of amides is 1. The Kier molecular flexibility index (Phi) is 8.69. The number of hydrogen-bond acceptors (Lipinski definition) is 8. The molecule has 0 aliphatic carbocycles. The average molecular weight is 543 g/mol. The molecule has 9 nitrogen and oxygen atoms in total. The van der Waals surface area contributed by atoms with Gasteiger partial charge in [0.25, 0.3) is 5.91 Å². The molecule has 0 radical (unpaired) electrons. The second-order valence-corrected chi connectivity index (χ2v) is 7.83. The third-order valence-electron chi connectivity index (χ3n) is 4.80. The Morgan fingerprint density at radius 1 is 0.800 bits per heavy atom. The summed E-state index contributed by atoms with van der Waals surface area (Å²) in [6.45, 7) is 0. The predicted octanol–water partition coefficient (Wildman–Crippen LogP) is 4.47. The first-order valence-electron chi connectivity index (χ1n) is 10.2. The maximum Gasteiger partial charge on any atom is 0.343 e. The number of hydrazone groups is 1. The topological polar surface area (TPSA) is 105 Å². The first-order chi connectivity index (χ1) is 16.9. The van der Waals surface area contributed by atoms with Gasteiger partial charge in [0, 0.05) is 15.6 Å². The zero-order valence-corrected chi connectivity index (χ0v) is 21.0. The van der Waals surface area contributed by atoms with Crippen LogP contribution in [0.4, 0.5) is 0 Å². The molecule has 1 N–H and O–H groups in total. The number of hydrogen-bond donors (Lipinski definition) is 1. The Bertz CT molecular complexity index is 1220. The van der Waals surface area contributed by atoms with E-state index in [1.165, 1.54) is 39.7 Å². The molecule has 0 saturated carbocycles. The quantitative estimate of drug-likeness (QED) is 0.184. The monoisotopic (exact) mass is 542 g/mol. The van der Waals surface area contributed by atoms with Crippen molar-refractivity contribution in [2.75, 3.05) is 28.4 Å².